The summed E-state index contributed by atoms with van der Waals surface area (Å²) in [6, 6.07) is 3.15. The van der Waals surface area contributed by atoms with Crippen LogP contribution in [-0.2, 0) is 0 Å². The van der Waals surface area contributed by atoms with Crippen LogP contribution in [0.4, 0.5) is 0 Å². The standard InChI is InChI=1S/C22H24Cl2N2O3.Na/c1-21(2)11-6-7-22(21,3)16(8-11)26-17(27)5-4-13-18-14(24)9-12(23)10-15(18)25-19(13)20(28)29;/h4-5,9-11,16,25H,6-8H2,1-3H3,(H,26,27)(H,28,29);/q;+1/p-1/b5-4+;/t11-,16-,22-;/m0./s1. The second kappa shape index (κ2) is 8.18. The summed E-state index contributed by atoms with van der Waals surface area (Å²) in [5.74, 6) is -0.899. The summed E-state index contributed by atoms with van der Waals surface area (Å²) in [6.45, 7) is 6.79. The van der Waals surface area contributed by atoms with Crippen LogP contribution in [0.1, 0.15) is 56.1 Å². The first-order chi connectivity index (χ1) is 13.5. The summed E-state index contributed by atoms with van der Waals surface area (Å²) in [4.78, 5) is 19.0. The van der Waals surface area contributed by atoms with Gasteiger partial charge in [-0.1, -0.05) is 56.1 Å². The molecule has 0 radical (unpaired) electrons. The molecule has 2 bridgehead atoms. The number of aromatic carboxylic acids is 1. The molecule has 8 heteroatoms. The van der Waals surface area contributed by atoms with E-state index in [2.05, 4.69) is 30.7 Å². The minimum atomic E-state index is -1.14. The van der Waals surface area contributed by atoms with Crippen molar-refractivity contribution in [2.45, 2.75) is 46.1 Å². The molecule has 0 unspecified atom stereocenters. The minimum absolute atomic E-state index is 0. The first kappa shape index (κ1) is 23.7. The summed E-state index contributed by atoms with van der Waals surface area (Å²) in [5, 5.41) is 23.4. The number of halogens is 2. The molecule has 0 aliphatic heterocycles. The Bertz CT molecular complexity index is 1080. The topological polar surface area (TPSA) is 88.5 Å². The summed E-state index contributed by atoms with van der Waals surface area (Å²) in [6.07, 6.45) is 6.02. The molecular formula is C22H23Cl2N2NaO3. The molecule has 2 saturated carbocycles. The normalized spacial score (nSPS) is 27.7. The van der Waals surface area contributed by atoms with Crippen LogP contribution in [-0.4, -0.2) is 28.0 Å². The molecule has 2 aliphatic rings. The number of aromatic nitrogens is 1. The molecule has 2 fully saturated rings. The maximum atomic E-state index is 12.6. The molecule has 1 aromatic carbocycles. The zero-order valence-corrected chi connectivity index (χ0v) is 21.1. The fraction of sp³-hybridized carbons (Fsp3) is 0.455. The summed E-state index contributed by atoms with van der Waals surface area (Å²) in [7, 11) is 0. The Morgan fingerprint density at radius 3 is 2.60 bits per heavy atom. The van der Waals surface area contributed by atoms with Gasteiger partial charge >= 0.3 is 35.5 Å². The molecule has 5 nitrogen and oxygen atoms in total. The smallest absolute Gasteiger partial charge is 0.859 e. The number of rotatable bonds is 4. The summed E-state index contributed by atoms with van der Waals surface area (Å²) >= 11 is 12.3. The van der Waals surface area contributed by atoms with Crippen LogP contribution in [0, 0.1) is 16.7 Å². The molecule has 2 aliphatic carbocycles. The van der Waals surface area contributed by atoms with Crippen LogP contribution in [0.3, 0.4) is 0 Å². The van der Waals surface area contributed by atoms with Crippen molar-refractivity contribution >= 4 is 52.0 Å². The molecule has 0 amide bonds. The van der Waals surface area contributed by atoms with Crippen LogP contribution >= 0.6 is 23.2 Å². The Morgan fingerprint density at radius 1 is 1.33 bits per heavy atom. The van der Waals surface area contributed by atoms with E-state index in [1.807, 2.05) is 0 Å². The van der Waals surface area contributed by atoms with E-state index in [0.29, 0.717) is 32.4 Å². The van der Waals surface area contributed by atoms with E-state index < -0.39 is 5.97 Å². The molecule has 3 atom stereocenters. The Hall–Kier alpha value is -0.980. The fourth-order valence-electron chi connectivity index (χ4n) is 5.32. The molecule has 4 rings (SSSR count). The van der Waals surface area contributed by atoms with Gasteiger partial charge < -0.3 is 15.2 Å². The summed E-state index contributed by atoms with van der Waals surface area (Å²) < 4.78 is 0. The Kier molecular flexibility index (Phi) is 6.45. The SMILES string of the molecule is CC1(C)[C@H]2CC[C@@]1(C)[C@@H](N=C([O-])/C=C/c1c(C(=O)O)[nH]c3cc(Cl)cc(Cl)c13)C2.[Na+]. The summed E-state index contributed by atoms with van der Waals surface area (Å²) in [5.41, 5.74) is 1.00. The molecule has 0 spiro atoms. The first-order valence-corrected chi connectivity index (χ1v) is 10.5. The van der Waals surface area contributed by atoms with Crippen molar-refractivity contribution in [2.75, 3.05) is 0 Å². The average molecular weight is 457 g/mol. The van der Waals surface area contributed by atoms with Gasteiger partial charge in [-0.2, -0.15) is 0 Å². The molecule has 0 saturated heterocycles. The van der Waals surface area contributed by atoms with E-state index in [0.717, 1.165) is 12.8 Å². The number of carboxylic acids is 1. The third-order valence-electron chi connectivity index (χ3n) is 7.49. The molecule has 1 heterocycles. The zero-order chi connectivity index (χ0) is 21.1. The van der Waals surface area contributed by atoms with Crippen molar-refractivity contribution in [1.29, 1.82) is 0 Å². The van der Waals surface area contributed by atoms with E-state index in [1.54, 1.807) is 12.1 Å². The van der Waals surface area contributed by atoms with Crippen LogP contribution < -0.4 is 34.7 Å². The molecule has 154 valence electrons. The van der Waals surface area contributed by atoms with Gasteiger partial charge in [0.1, 0.15) is 5.69 Å². The number of benzene rings is 1. The van der Waals surface area contributed by atoms with E-state index in [9.17, 15) is 15.0 Å². The van der Waals surface area contributed by atoms with Crippen LogP contribution in [0.5, 0.6) is 0 Å². The number of fused-ring (bicyclic) bond motifs is 3. The van der Waals surface area contributed by atoms with E-state index in [-0.39, 0.29) is 58.0 Å². The fourth-order valence-corrected chi connectivity index (χ4v) is 5.91. The van der Waals surface area contributed by atoms with Gasteiger partial charge in [0.2, 0.25) is 0 Å². The van der Waals surface area contributed by atoms with Gasteiger partial charge in [0.05, 0.1) is 11.1 Å². The van der Waals surface area contributed by atoms with E-state index in [1.165, 1.54) is 18.6 Å². The number of H-pyrrole nitrogens is 1. The monoisotopic (exact) mass is 456 g/mol. The number of carboxylic acid groups (broad SMARTS) is 1. The largest absolute Gasteiger partial charge is 1.00 e. The molecular weight excluding hydrogens is 434 g/mol. The Balaban J connectivity index is 0.00000256. The van der Waals surface area contributed by atoms with Crippen molar-refractivity contribution in [3.05, 3.63) is 39.5 Å². The van der Waals surface area contributed by atoms with E-state index >= 15 is 0 Å². The van der Waals surface area contributed by atoms with Gasteiger partial charge in [-0.05, 0) is 54.0 Å². The Morgan fingerprint density at radius 2 is 2.03 bits per heavy atom. The quantitative estimate of drug-likeness (QED) is 0.419. The van der Waals surface area contributed by atoms with Gasteiger partial charge in [0.15, 0.2) is 0 Å². The zero-order valence-electron chi connectivity index (χ0n) is 17.6. The van der Waals surface area contributed by atoms with Crippen molar-refractivity contribution in [1.82, 2.24) is 4.98 Å². The first-order valence-electron chi connectivity index (χ1n) is 9.71. The van der Waals surface area contributed by atoms with Gasteiger partial charge in [0, 0.05) is 21.5 Å². The van der Waals surface area contributed by atoms with Crippen molar-refractivity contribution in [3.63, 3.8) is 0 Å². The van der Waals surface area contributed by atoms with Gasteiger partial charge in [0.25, 0.3) is 0 Å². The van der Waals surface area contributed by atoms with Crippen molar-refractivity contribution in [3.8, 4) is 0 Å². The molecule has 1 aromatic heterocycles. The maximum absolute atomic E-state index is 12.6. The number of hydrogen-bond acceptors (Lipinski definition) is 3. The number of carbonyl (C=O) groups is 1. The average Bonchev–Trinajstić information content (AvgIpc) is 3.16. The molecule has 2 aromatic rings. The predicted molar refractivity (Wildman–Crippen MR) is 115 cm³/mol. The number of nitrogens with one attached hydrogen (secondary N) is 1. The molecule has 30 heavy (non-hydrogen) atoms. The second-order valence-corrected chi connectivity index (χ2v) is 9.80. The van der Waals surface area contributed by atoms with Gasteiger partial charge in [-0.15, -0.1) is 0 Å². The Labute approximate surface area is 207 Å². The third-order valence-corrected chi connectivity index (χ3v) is 8.01. The van der Waals surface area contributed by atoms with Crippen LogP contribution in [0.25, 0.3) is 17.0 Å². The van der Waals surface area contributed by atoms with Crippen molar-refractivity contribution < 1.29 is 44.6 Å². The second-order valence-electron chi connectivity index (χ2n) is 8.96. The minimum Gasteiger partial charge on any atom is -0.859 e. The van der Waals surface area contributed by atoms with Crippen LogP contribution in [0.15, 0.2) is 23.2 Å². The van der Waals surface area contributed by atoms with Crippen LogP contribution in [0.2, 0.25) is 10.0 Å². The van der Waals surface area contributed by atoms with Gasteiger partial charge in [-0.3, -0.25) is 4.99 Å². The molecule has 2 N–H and O–H groups in total. The number of aliphatic imine (C=N–C) groups is 1. The maximum Gasteiger partial charge on any atom is 1.00 e. The predicted octanol–water partition coefficient (Wildman–Crippen LogP) is 2.16. The van der Waals surface area contributed by atoms with Gasteiger partial charge in [-0.25, -0.2) is 4.79 Å². The number of aromatic amines is 1. The third kappa shape index (κ3) is 3.63. The van der Waals surface area contributed by atoms with E-state index in [4.69, 9.17) is 23.2 Å². The van der Waals surface area contributed by atoms with Crippen molar-refractivity contribution in [2.24, 2.45) is 21.7 Å². The number of nitrogens with zero attached hydrogens (tertiary/aromatic N) is 1. The number of hydrogen-bond donors (Lipinski definition) is 2.